The van der Waals surface area contributed by atoms with Crippen molar-refractivity contribution in [1.82, 2.24) is 24.9 Å². The highest BCUT2D eigenvalue weighted by Gasteiger charge is 2.27. The van der Waals surface area contributed by atoms with Gasteiger partial charge in [-0.1, -0.05) is 0 Å². The summed E-state index contributed by atoms with van der Waals surface area (Å²) in [7, 11) is 1.49. The number of imidazole rings is 1. The maximum absolute atomic E-state index is 14.4. The standard InChI is InChI=1S/C20H24F2N6O2/c1-20(2,29)18-16(30-3)8-17-24-10-15(28(17)27-18)13-5-4-12(22)19(25-13)26-14-9-23-7-6-11(14)21/h4-5,8,10-11,14,23,29H,6-7,9H2,1-3H3,(H,25,26). The van der Waals surface area contributed by atoms with Crippen molar-refractivity contribution in [1.29, 1.82) is 0 Å². The van der Waals surface area contributed by atoms with Gasteiger partial charge >= 0.3 is 0 Å². The summed E-state index contributed by atoms with van der Waals surface area (Å²) >= 11 is 0. The lowest BCUT2D eigenvalue weighted by molar-refractivity contribution is 0.0694. The van der Waals surface area contributed by atoms with Crippen LogP contribution in [0.5, 0.6) is 5.75 Å². The second kappa shape index (κ2) is 7.77. The van der Waals surface area contributed by atoms with Crippen LogP contribution in [0.1, 0.15) is 26.0 Å². The zero-order chi connectivity index (χ0) is 21.5. The molecule has 1 aliphatic rings. The zero-order valence-corrected chi connectivity index (χ0v) is 17.0. The van der Waals surface area contributed by atoms with Crippen LogP contribution in [0.25, 0.3) is 17.0 Å². The second-order valence-electron chi connectivity index (χ2n) is 7.82. The molecule has 0 saturated carbocycles. The summed E-state index contributed by atoms with van der Waals surface area (Å²) in [6.07, 6.45) is 0.827. The molecule has 3 N–H and O–H groups in total. The average Bonchev–Trinajstić information content (AvgIpc) is 3.12. The molecule has 1 fully saturated rings. The predicted octanol–water partition coefficient (Wildman–Crippen LogP) is 2.28. The first-order valence-corrected chi connectivity index (χ1v) is 9.72. The van der Waals surface area contributed by atoms with E-state index >= 15 is 0 Å². The van der Waals surface area contributed by atoms with Gasteiger partial charge in [0, 0.05) is 12.6 Å². The first kappa shape index (κ1) is 20.4. The largest absolute Gasteiger partial charge is 0.495 e. The van der Waals surface area contributed by atoms with E-state index in [-0.39, 0.29) is 5.82 Å². The number of methoxy groups -OCH3 is 1. The van der Waals surface area contributed by atoms with E-state index in [9.17, 15) is 13.9 Å². The van der Waals surface area contributed by atoms with Crippen LogP contribution in [0.15, 0.2) is 24.4 Å². The van der Waals surface area contributed by atoms with E-state index < -0.39 is 23.6 Å². The molecule has 4 rings (SSSR count). The number of aliphatic hydroxyl groups is 1. The summed E-state index contributed by atoms with van der Waals surface area (Å²) < 4.78 is 35.4. The highest BCUT2D eigenvalue weighted by Crippen LogP contribution is 2.30. The summed E-state index contributed by atoms with van der Waals surface area (Å²) in [4.78, 5) is 8.67. The number of fused-ring (bicyclic) bond motifs is 1. The fourth-order valence-corrected chi connectivity index (χ4v) is 3.48. The Morgan fingerprint density at radius 2 is 2.17 bits per heavy atom. The average molecular weight is 418 g/mol. The molecule has 0 aliphatic carbocycles. The Morgan fingerprint density at radius 3 is 2.87 bits per heavy atom. The summed E-state index contributed by atoms with van der Waals surface area (Å²) in [6.45, 7) is 4.18. The summed E-state index contributed by atoms with van der Waals surface area (Å²) in [5.41, 5.74) is 0.458. The van der Waals surface area contributed by atoms with Crippen molar-refractivity contribution in [2.24, 2.45) is 0 Å². The van der Waals surface area contributed by atoms with Gasteiger partial charge < -0.3 is 20.5 Å². The maximum atomic E-state index is 14.4. The number of halogens is 2. The molecule has 0 aromatic carbocycles. The van der Waals surface area contributed by atoms with Gasteiger partial charge in [0.1, 0.15) is 28.9 Å². The summed E-state index contributed by atoms with van der Waals surface area (Å²) in [5.74, 6) is -0.201. The van der Waals surface area contributed by atoms with Crippen LogP contribution in [0.3, 0.4) is 0 Å². The first-order chi connectivity index (χ1) is 14.3. The van der Waals surface area contributed by atoms with Crippen molar-refractivity contribution in [2.45, 2.75) is 38.1 Å². The number of nitrogens with zero attached hydrogens (tertiary/aromatic N) is 4. The molecule has 2 atom stereocenters. The molecule has 3 aromatic rings. The summed E-state index contributed by atoms with van der Waals surface area (Å²) in [5, 5.41) is 20.9. The Morgan fingerprint density at radius 1 is 1.37 bits per heavy atom. The minimum atomic E-state index is -1.26. The van der Waals surface area contributed by atoms with Gasteiger partial charge in [-0.3, -0.25) is 0 Å². The normalized spacial score (nSPS) is 19.8. The zero-order valence-electron chi connectivity index (χ0n) is 17.0. The van der Waals surface area contributed by atoms with Crippen LogP contribution in [0.4, 0.5) is 14.6 Å². The van der Waals surface area contributed by atoms with Gasteiger partial charge in [0.25, 0.3) is 0 Å². The fraction of sp³-hybridized carbons (Fsp3) is 0.450. The number of hydrogen-bond donors (Lipinski definition) is 3. The van der Waals surface area contributed by atoms with Gasteiger partial charge in [-0.05, 0) is 38.9 Å². The molecule has 1 saturated heterocycles. The van der Waals surface area contributed by atoms with Crippen molar-refractivity contribution < 1.29 is 18.6 Å². The third-order valence-electron chi connectivity index (χ3n) is 5.09. The molecular formula is C20H24F2N6O2. The van der Waals surface area contributed by atoms with E-state index in [4.69, 9.17) is 4.74 Å². The Bertz CT molecular complexity index is 1070. The number of rotatable bonds is 5. The number of hydrogen-bond acceptors (Lipinski definition) is 7. The molecule has 4 heterocycles. The maximum Gasteiger partial charge on any atom is 0.165 e. The molecule has 0 radical (unpaired) electrons. The van der Waals surface area contributed by atoms with Gasteiger partial charge in [0.05, 0.1) is 25.0 Å². The van der Waals surface area contributed by atoms with E-state index in [0.29, 0.717) is 48.0 Å². The third kappa shape index (κ3) is 3.80. The van der Waals surface area contributed by atoms with E-state index in [2.05, 4.69) is 25.7 Å². The summed E-state index contributed by atoms with van der Waals surface area (Å²) in [6, 6.07) is 3.87. The topological polar surface area (TPSA) is 96.6 Å². The third-order valence-corrected chi connectivity index (χ3v) is 5.09. The van der Waals surface area contributed by atoms with Gasteiger partial charge in [-0.15, -0.1) is 0 Å². The lowest BCUT2D eigenvalue weighted by Crippen LogP contribution is -2.46. The molecule has 2 unspecified atom stereocenters. The van der Waals surface area contributed by atoms with Gasteiger partial charge in [-0.2, -0.15) is 5.10 Å². The number of piperidine rings is 1. The molecule has 0 amide bonds. The van der Waals surface area contributed by atoms with Crippen LogP contribution < -0.4 is 15.4 Å². The molecule has 30 heavy (non-hydrogen) atoms. The van der Waals surface area contributed by atoms with Crippen LogP contribution >= 0.6 is 0 Å². The van der Waals surface area contributed by atoms with E-state index in [0.717, 1.165) is 0 Å². The lowest BCUT2D eigenvalue weighted by Gasteiger charge is -2.28. The molecule has 160 valence electrons. The van der Waals surface area contributed by atoms with Crippen molar-refractivity contribution in [3.63, 3.8) is 0 Å². The highest BCUT2D eigenvalue weighted by molar-refractivity contribution is 5.62. The number of anilines is 1. The number of nitrogens with one attached hydrogen (secondary N) is 2. The van der Waals surface area contributed by atoms with E-state index in [1.54, 1.807) is 26.1 Å². The predicted molar refractivity (Wildman–Crippen MR) is 108 cm³/mol. The van der Waals surface area contributed by atoms with Crippen LogP contribution in [-0.2, 0) is 5.60 Å². The van der Waals surface area contributed by atoms with E-state index in [1.807, 2.05) is 0 Å². The molecule has 3 aromatic heterocycles. The quantitative estimate of drug-likeness (QED) is 0.585. The molecule has 1 aliphatic heterocycles. The van der Waals surface area contributed by atoms with Crippen molar-refractivity contribution in [2.75, 3.05) is 25.5 Å². The van der Waals surface area contributed by atoms with Crippen molar-refractivity contribution in [3.8, 4) is 17.1 Å². The van der Waals surface area contributed by atoms with Gasteiger partial charge in [-0.25, -0.2) is 23.3 Å². The molecule has 0 bridgehead atoms. The Labute approximate surface area is 172 Å². The minimum Gasteiger partial charge on any atom is -0.495 e. The van der Waals surface area contributed by atoms with Crippen LogP contribution in [0.2, 0.25) is 0 Å². The number of ether oxygens (including phenoxy) is 1. The Kier molecular flexibility index (Phi) is 5.29. The smallest absolute Gasteiger partial charge is 0.165 e. The van der Waals surface area contributed by atoms with Crippen molar-refractivity contribution >= 4 is 11.5 Å². The number of alkyl halides is 1. The SMILES string of the molecule is COc1cc2ncc(-c3ccc(F)c(NC4CNCCC4F)n3)n2nc1C(C)(C)O. The number of pyridine rings is 1. The molecular weight excluding hydrogens is 394 g/mol. The highest BCUT2D eigenvalue weighted by atomic mass is 19.1. The fourth-order valence-electron chi connectivity index (χ4n) is 3.48. The van der Waals surface area contributed by atoms with Gasteiger partial charge in [0.2, 0.25) is 0 Å². The Balaban J connectivity index is 1.75. The van der Waals surface area contributed by atoms with Crippen LogP contribution in [-0.4, -0.2) is 57.1 Å². The molecule has 0 spiro atoms. The van der Waals surface area contributed by atoms with Crippen molar-refractivity contribution in [3.05, 3.63) is 35.9 Å². The first-order valence-electron chi connectivity index (χ1n) is 9.72. The minimum absolute atomic E-state index is 0.0324. The monoisotopic (exact) mass is 418 g/mol. The number of aromatic nitrogens is 4. The molecule has 8 nitrogen and oxygen atoms in total. The van der Waals surface area contributed by atoms with E-state index in [1.165, 1.54) is 23.8 Å². The Hall–Kier alpha value is -2.85. The molecule has 10 heteroatoms. The second-order valence-corrected chi connectivity index (χ2v) is 7.82. The van der Waals surface area contributed by atoms with Gasteiger partial charge in [0.15, 0.2) is 17.3 Å². The van der Waals surface area contributed by atoms with Crippen LogP contribution in [0, 0.1) is 5.82 Å². The lowest BCUT2D eigenvalue weighted by atomic mass is 10.0.